The van der Waals surface area contributed by atoms with Crippen LogP contribution in [0.2, 0.25) is 0 Å². The number of nitro groups is 1. The molecule has 0 amide bonds. The highest BCUT2D eigenvalue weighted by atomic mass is 16.6. The van der Waals surface area contributed by atoms with Gasteiger partial charge in [0.2, 0.25) is 0 Å². The summed E-state index contributed by atoms with van der Waals surface area (Å²) in [6, 6.07) is 4.41. The van der Waals surface area contributed by atoms with Crippen molar-refractivity contribution in [1.29, 1.82) is 0 Å². The highest BCUT2D eigenvalue weighted by molar-refractivity contribution is 5.74. The fraction of sp³-hybridized carbons (Fsp3) is 0.273. The molecule has 2 aromatic rings. The first-order valence-electron chi connectivity index (χ1n) is 5.63. The Bertz CT molecular complexity index is 634. The topological polar surface area (TPSA) is 99.9 Å². The number of nitrogens with two attached hydrogens (primary N) is 1. The average Bonchev–Trinajstić information content (AvgIpc) is 2.91. The van der Waals surface area contributed by atoms with Crippen molar-refractivity contribution < 1.29 is 4.92 Å². The number of nitrogens with zero attached hydrogens (tertiary/aromatic N) is 4. The van der Waals surface area contributed by atoms with Gasteiger partial charge in [-0.2, -0.15) is 0 Å². The van der Waals surface area contributed by atoms with Crippen molar-refractivity contribution in [3.63, 3.8) is 0 Å². The molecular formula is C11H11N5O2. The lowest BCUT2D eigenvalue weighted by atomic mass is 10.1. The first-order chi connectivity index (χ1) is 8.66. The van der Waals surface area contributed by atoms with Gasteiger partial charge < -0.3 is 10.3 Å². The number of rotatable bonds is 2. The molecule has 2 N–H and O–H groups in total. The zero-order chi connectivity index (χ0) is 12.7. The number of hydrogen-bond donors (Lipinski definition) is 1. The molecule has 1 aliphatic heterocycles. The summed E-state index contributed by atoms with van der Waals surface area (Å²) >= 11 is 0. The summed E-state index contributed by atoms with van der Waals surface area (Å²) < 4.78 is 2.01. The van der Waals surface area contributed by atoms with Gasteiger partial charge in [-0.25, -0.2) is 0 Å². The zero-order valence-corrected chi connectivity index (χ0v) is 9.54. The van der Waals surface area contributed by atoms with E-state index in [1.54, 1.807) is 6.07 Å². The smallest absolute Gasteiger partial charge is 0.271 e. The van der Waals surface area contributed by atoms with E-state index in [9.17, 15) is 10.1 Å². The summed E-state index contributed by atoms with van der Waals surface area (Å²) in [5.74, 6) is 1.64. The van der Waals surface area contributed by atoms with E-state index in [1.807, 2.05) is 4.57 Å². The second-order valence-corrected chi connectivity index (χ2v) is 4.22. The van der Waals surface area contributed by atoms with Gasteiger partial charge in [-0.05, 0) is 12.5 Å². The number of non-ortho nitro benzene ring substituents is 1. The van der Waals surface area contributed by atoms with Crippen molar-refractivity contribution in [3.8, 4) is 11.4 Å². The molecular weight excluding hydrogens is 234 g/mol. The third-order valence-electron chi connectivity index (χ3n) is 3.10. The Labute approximate surface area is 102 Å². The summed E-state index contributed by atoms with van der Waals surface area (Å²) in [6.07, 6.45) is 1.96. The highest BCUT2D eigenvalue weighted by Gasteiger charge is 2.20. The van der Waals surface area contributed by atoms with Crippen LogP contribution in [0, 0.1) is 10.1 Å². The van der Waals surface area contributed by atoms with Gasteiger partial charge in [0.1, 0.15) is 5.82 Å². The number of anilines is 1. The molecule has 0 atom stereocenters. The van der Waals surface area contributed by atoms with Gasteiger partial charge in [0.05, 0.1) is 4.92 Å². The molecule has 0 unspecified atom stereocenters. The van der Waals surface area contributed by atoms with E-state index in [1.165, 1.54) is 12.1 Å². The van der Waals surface area contributed by atoms with Crippen molar-refractivity contribution in [2.24, 2.45) is 0 Å². The molecule has 0 aliphatic carbocycles. The zero-order valence-electron chi connectivity index (χ0n) is 9.54. The maximum absolute atomic E-state index is 10.7. The first-order valence-corrected chi connectivity index (χ1v) is 5.63. The van der Waals surface area contributed by atoms with E-state index >= 15 is 0 Å². The van der Waals surface area contributed by atoms with Crippen LogP contribution < -0.4 is 5.73 Å². The van der Waals surface area contributed by atoms with Gasteiger partial charge in [-0.1, -0.05) is 0 Å². The van der Waals surface area contributed by atoms with E-state index in [-0.39, 0.29) is 5.69 Å². The van der Waals surface area contributed by atoms with Crippen LogP contribution >= 0.6 is 0 Å². The molecule has 3 rings (SSSR count). The number of benzene rings is 1. The minimum absolute atomic E-state index is 0.0163. The number of hydrogen-bond acceptors (Lipinski definition) is 5. The van der Waals surface area contributed by atoms with E-state index in [0.717, 1.165) is 25.2 Å². The largest absolute Gasteiger partial charge is 0.398 e. The van der Waals surface area contributed by atoms with Crippen molar-refractivity contribution in [3.05, 3.63) is 34.1 Å². The normalized spacial score (nSPS) is 13.6. The fourth-order valence-electron chi connectivity index (χ4n) is 2.22. The summed E-state index contributed by atoms with van der Waals surface area (Å²) in [4.78, 5) is 10.2. The number of aromatic nitrogens is 3. The van der Waals surface area contributed by atoms with Gasteiger partial charge in [-0.15, -0.1) is 10.2 Å². The monoisotopic (exact) mass is 245 g/mol. The second kappa shape index (κ2) is 3.80. The molecule has 2 heterocycles. The quantitative estimate of drug-likeness (QED) is 0.489. The molecule has 0 saturated heterocycles. The van der Waals surface area contributed by atoms with Crippen LogP contribution in [-0.2, 0) is 13.0 Å². The molecule has 7 nitrogen and oxygen atoms in total. The molecule has 0 bridgehead atoms. The van der Waals surface area contributed by atoms with Crippen LogP contribution in [-0.4, -0.2) is 19.7 Å². The third kappa shape index (κ3) is 1.52. The lowest BCUT2D eigenvalue weighted by Crippen LogP contribution is -2.00. The van der Waals surface area contributed by atoms with Crippen LogP contribution in [0.15, 0.2) is 18.2 Å². The summed E-state index contributed by atoms with van der Waals surface area (Å²) in [5, 5.41) is 18.9. The summed E-state index contributed by atoms with van der Waals surface area (Å²) in [6.45, 7) is 0.869. The Morgan fingerprint density at radius 2 is 2.22 bits per heavy atom. The second-order valence-electron chi connectivity index (χ2n) is 4.22. The van der Waals surface area contributed by atoms with E-state index in [4.69, 9.17) is 5.73 Å². The Kier molecular flexibility index (Phi) is 2.26. The number of aryl methyl sites for hydroxylation is 1. The minimum atomic E-state index is -0.464. The third-order valence-corrected chi connectivity index (χ3v) is 3.10. The lowest BCUT2D eigenvalue weighted by molar-refractivity contribution is -0.384. The SMILES string of the molecule is Nc1cc([N+](=O)[O-])ccc1-c1nnc2n1CCC2. The Hall–Kier alpha value is -2.44. The summed E-state index contributed by atoms with van der Waals surface area (Å²) in [7, 11) is 0. The molecule has 7 heteroatoms. The lowest BCUT2D eigenvalue weighted by Gasteiger charge is -2.05. The van der Waals surface area contributed by atoms with Crippen LogP contribution in [0.4, 0.5) is 11.4 Å². The van der Waals surface area contributed by atoms with E-state index in [2.05, 4.69) is 10.2 Å². The van der Waals surface area contributed by atoms with Crippen molar-refractivity contribution >= 4 is 11.4 Å². The molecule has 0 radical (unpaired) electrons. The van der Waals surface area contributed by atoms with Crippen LogP contribution in [0.5, 0.6) is 0 Å². The Balaban J connectivity index is 2.09. The van der Waals surface area contributed by atoms with E-state index < -0.39 is 4.92 Å². The fourth-order valence-corrected chi connectivity index (χ4v) is 2.22. The molecule has 0 spiro atoms. The Morgan fingerprint density at radius 1 is 1.39 bits per heavy atom. The van der Waals surface area contributed by atoms with Gasteiger partial charge in [0.15, 0.2) is 5.82 Å². The number of nitrogen functional groups attached to an aromatic ring is 1. The number of fused-ring (bicyclic) bond motifs is 1. The van der Waals surface area contributed by atoms with E-state index in [0.29, 0.717) is 17.1 Å². The van der Waals surface area contributed by atoms with Gasteiger partial charge in [0.25, 0.3) is 5.69 Å². The molecule has 0 saturated carbocycles. The molecule has 1 aromatic carbocycles. The minimum Gasteiger partial charge on any atom is -0.398 e. The van der Waals surface area contributed by atoms with Crippen molar-refractivity contribution in [2.75, 3.05) is 5.73 Å². The van der Waals surface area contributed by atoms with Gasteiger partial charge in [-0.3, -0.25) is 10.1 Å². The molecule has 1 aliphatic rings. The Morgan fingerprint density at radius 3 is 2.94 bits per heavy atom. The molecule has 92 valence electrons. The van der Waals surface area contributed by atoms with Crippen molar-refractivity contribution in [1.82, 2.24) is 14.8 Å². The predicted molar refractivity (Wildman–Crippen MR) is 64.8 cm³/mol. The number of nitro benzene ring substituents is 1. The van der Waals surface area contributed by atoms with Crippen LogP contribution in [0.25, 0.3) is 11.4 Å². The predicted octanol–water partition coefficient (Wildman–Crippen LogP) is 1.38. The average molecular weight is 245 g/mol. The van der Waals surface area contributed by atoms with Gasteiger partial charge in [0, 0.05) is 36.3 Å². The maximum Gasteiger partial charge on any atom is 0.271 e. The maximum atomic E-state index is 10.7. The van der Waals surface area contributed by atoms with Crippen molar-refractivity contribution in [2.45, 2.75) is 19.4 Å². The van der Waals surface area contributed by atoms with Crippen LogP contribution in [0.1, 0.15) is 12.2 Å². The van der Waals surface area contributed by atoms with Crippen LogP contribution in [0.3, 0.4) is 0 Å². The molecule has 1 aromatic heterocycles. The van der Waals surface area contributed by atoms with Gasteiger partial charge >= 0.3 is 0 Å². The summed E-state index contributed by atoms with van der Waals surface area (Å²) in [5.41, 5.74) is 6.89. The standard InChI is InChI=1S/C11H11N5O2/c12-9-6-7(16(17)18)3-4-8(9)11-14-13-10-2-1-5-15(10)11/h3-4,6H,1-2,5,12H2. The first kappa shape index (κ1) is 10.7. The molecule has 0 fully saturated rings. The molecule has 18 heavy (non-hydrogen) atoms. The highest BCUT2D eigenvalue weighted by Crippen LogP contribution is 2.30.